The molecule has 3 rings (SSSR count). The number of rotatable bonds is 4. The molecule has 0 aromatic carbocycles. The van der Waals surface area contributed by atoms with E-state index in [-0.39, 0.29) is 17.9 Å². The van der Waals surface area contributed by atoms with Crippen molar-refractivity contribution in [1.82, 2.24) is 9.13 Å². The van der Waals surface area contributed by atoms with E-state index in [1.54, 1.807) is 9.13 Å². The number of hydrogen-bond donors (Lipinski definition) is 0. The summed E-state index contributed by atoms with van der Waals surface area (Å²) in [5, 5.41) is 0. The molecular weight excluding hydrogens is 196 g/mol. The second-order valence-corrected chi connectivity index (χ2v) is 4.23. The summed E-state index contributed by atoms with van der Waals surface area (Å²) in [6.45, 7) is 4.88. The van der Waals surface area contributed by atoms with Gasteiger partial charge in [-0.2, -0.15) is 0 Å². The summed E-state index contributed by atoms with van der Waals surface area (Å²) in [7, 11) is 0. The largest absolute Gasteiger partial charge is 0.371 e. The van der Waals surface area contributed by atoms with Crippen LogP contribution in [0.25, 0.3) is 0 Å². The smallest absolute Gasteiger partial charge is 0.328 e. The lowest BCUT2D eigenvalue weighted by atomic mass is 10.4. The lowest BCUT2D eigenvalue weighted by Gasteiger charge is -1.99. The maximum absolute atomic E-state index is 11.9. The molecule has 82 valence electrons. The van der Waals surface area contributed by atoms with Crippen LogP contribution in [0.4, 0.5) is 0 Å². The molecule has 2 saturated heterocycles. The third kappa shape index (κ3) is 1.85. The van der Waals surface area contributed by atoms with Gasteiger partial charge in [0.2, 0.25) is 0 Å². The van der Waals surface area contributed by atoms with Gasteiger partial charge in [-0.05, 0) is 6.92 Å². The van der Waals surface area contributed by atoms with Gasteiger partial charge < -0.3 is 9.47 Å². The molecule has 0 amide bonds. The van der Waals surface area contributed by atoms with Crippen molar-refractivity contribution in [1.29, 1.82) is 0 Å². The molecule has 0 spiro atoms. The average molecular weight is 210 g/mol. The minimum absolute atomic E-state index is 0.0542. The van der Waals surface area contributed by atoms with E-state index < -0.39 is 0 Å². The van der Waals surface area contributed by atoms with Crippen molar-refractivity contribution in [3.8, 4) is 0 Å². The van der Waals surface area contributed by atoms with Gasteiger partial charge in [0.15, 0.2) is 0 Å². The van der Waals surface area contributed by atoms with E-state index >= 15 is 0 Å². The monoisotopic (exact) mass is 210 g/mol. The molecule has 0 aliphatic carbocycles. The van der Waals surface area contributed by atoms with E-state index in [1.807, 2.05) is 13.1 Å². The Morgan fingerprint density at radius 2 is 1.93 bits per heavy atom. The van der Waals surface area contributed by atoms with Gasteiger partial charge in [0, 0.05) is 11.9 Å². The van der Waals surface area contributed by atoms with Crippen LogP contribution in [-0.4, -0.2) is 34.6 Å². The van der Waals surface area contributed by atoms with Crippen molar-refractivity contribution < 1.29 is 9.47 Å². The Hall–Kier alpha value is -1.07. The molecule has 2 fully saturated rings. The molecule has 2 aliphatic rings. The van der Waals surface area contributed by atoms with Crippen LogP contribution in [-0.2, 0) is 22.6 Å². The van der Waals surface area contributed by atoms with E-state index in [4.69, 9.17) is 9.47 Å². The molecule has 1 aromatic rings. The Morgan fingerprint density at radius 1 is 1.33 bits per heavy atom. The molecule has 2 unspecified atom stereocenters. The number of hydrogen-bond acceptors (Lipinski definition) is 3. The molecular formula is C10H14N2O3. The van der Waals surface area contributed by atoms with Crippen LogP contribution >= 0.6 is 0 Å². The predicted molar refractivity (Wildman–Crippen MR) is 52.9 cm³/mol. The molecule has 2 aliphatic heterocycles. The molecule has 15 heavy (non-hydrogen) atoms. The summed E-state index contributed by atoms with van der Waals surface area (Å²) in [5.74, 6) is 0. The van der Waals surface area contributed by atoms with Gasteiger partial charge in [-0.25, -0.2) is 4.79 Å². The highest BCUT2D eigenvalue weighted by Crippen LogP contribution is 2.14. The molecule has 5 heteroatoms. The Bertz CT molecular complexity index is 426. The number of nitrogens with zero attached hydrogens (tertiary/aromatic N) is 2. The van der Waals surface area contributed by atoms with Gasteiger partial charge in [-0.1, -0.05) is 0 Å². The van der Waals surface area contributed by atoms with E-state index in [2.05, 4.69) is 0 Å². The summed E-state index contributed by atoms with van der Waals surface area (Å²) in [6.07, 6.45) is 2.39. The number of aromatic nitrogens is 2. The van der Waals surface area contributed by atoms with Crippen LogP contribution in [0.1, 0.15) is 5.69 Å². The minimum Gasteiger partial charge on any atom is -0.371 e. The molecule has 3 heterocycles. The fourth-order valence-electron chi connectivity index (χ4n) is 1.78. The third-order valence-corrected chi connectivity index (χ3v) is 2.84. The van der Waals surface area contributed by atoms with Gasteiger partial charge in [-0.3, -0.25) is 9.13 Å². The zero-order valence-corrected chi connectivity index (χ0v) is 8.68. The fourth-order valence-corrected chi connectivity index (χ4v) is 1.78. The second-order valence-electron chi connectivity index (χ2n) is 4.23. The number of aryl methyl sites for hydroxylation is 1. The van der Waals surface area contributed by atoms with Crippen LogP contribution in [0.2, 0.25) is 0 Å². The van der Waals surface area contributed by atoms with Crippen LogP contribution in [0.15, 0.2) is 11.0 Å². The topological polar surface area (TPSA) is 52.0 Å². The van der Waals surface area contributed by atoms with Crippen LogP contribution in [0.5, 0.6) is 0 Å². The summed E-state index contributed by atoms with van der Waals surface area (Å²) >= 11 is 0. The molecule has 0 N–H and O–H groups in total. The molecule has 5 nitrogen and oxygen atoms in total. The zero-order chi connectivity index (χ0) is 10.4. The number of imidazole rings is 1. The van der Waals surface area contributed by atoms with E-state index in [9.17, 15) is 4.79 Å². The van der Waals surface area contributed by atoms with E-state index in [1.165, 1.54) is 0 Å². The molecule has 0 bridgehead atoms. The summed E-state index contributed by atoms with van der Waals surface area (Å²) in [5.41, 5.74) is 1.05. The maximum atomic E-state index is 11.9. The minimum atomic E-state index is 0.0542. The Balaban J connectivity index is 1.84. The lowest BCUT2D eigenvalue weighted by molar-refractivity contribution is 0.369. The Morgan fingerprint density at radius 3 is 2.53 bits per heavy atom. The molecule has 2 atom stereocenters. The van der Waals surface area contributed by atoms with Crippen molar-refractivity contribution in [2.45, 2.75) is 32.2 Å². The normalized spacial score (nSPS) is 28.1. The Kier molecular flexibility index (Phi) is 1.97. The van der Waals surface area contributed by atoms with Crippen molar-refractivity contribution in [3.63, 3.8) is 0 Å². The average Bonchev–Trinajstić information content (AvgIpc) is 3.06. The first-order valence-corrected chi connectivity index (χ1v) is 5.24. The summed E-state index contributed by atoms with van der Waals surface area (Å²) in [6, 6.07) is 0. The predicted octanol–water partition coefficient (Wildman–Crippen LogP) is -0.244. The first kappa shape index (κ1) is 9.18. The van der Waals surface area contributed by atoms with Crippen LogP contribution in [0, 0.1) is 6.92 Å². The van der Waals surface area contributed by atoms with Gasteiger partial charge >= 0.3 is 5.69 Å². The zero-order valence-electron chi connectivity index (χ0n) is 8.68. The second kappa shape index (κ2) is 3.21. The van der Waals surface area contributed by atoms with Crippen molar-refractivity contribution in [2.24, 2.45) is 0 Å². The Labute approximate surface area is 87.2 Å². The molecule has 0 saturated carbocycles. The summed E-state index contributed by atoms with van der Waals surface area (Å²) in [4.78, 5) is 11.9. The SMILES string of the molecule is Cc1cn(CC2CO2)c(=O)n1CC1CO1. The highest BCUT2D eigenvalue weighted by molar-refractivity contribution is 4.99. The van der Waals surface area contributed by atoms with Crippen LogP contribution < -0.4 is 5.69 Å². The highest BCUT2D eigenvalue weighted by Gasteiger charge is 2.27. The number of ether oxygens (including phenoxy) is 2. The standard InChI is InChI=1S/C10H14N2O3/c1-7-2-11(3-8-5-14-8)10(13)12(7)4-9-6-15-9/h2,8-9H,3-6H2,1H3. The van der Waals surface area contributed by atoms with Crippen LogP contribution in [0.3, 0.4) is 0 Å². The lowest BCUT2D eigenvalue weighted by Crippen LogP contribution is -2.27. The van der Waals surface area contributed by atoms with Crippen molar-refractivity contribution >= 4 is 0 Å². The van der Waals surface area contributed by atoms with Gasteiger partial charge in [-0.15, -0.1) is 0 Å². The quantitative estimate of drug-likeness (QED) is 0.644. The van der Waals surface area contributed by atoms with E-state index in [0.29, 0.717) is 13.1 Å². The van der Waals surface area contributed by atoms with Gasteiger partial charge in [0.1, 0.15) is 0 Å². The first-order valence-electron chi connectivity index (χ1n) is 5.24. The van der Waals surface area contributed by atoms with Crippen molar-refractivity contribution in [2.75, 3.05) is 13.2 Å². The highest BCUT2D eigenvalue weighted by atomic mass is 16.6. The van der Waals surface area contributed by atoms with E-state index in [0.717, 1.165) is 18.9 Å². The molecule has 0 radical (unpaired) electrons. The summed E-state index contributed by atoms with van der Waals surface area (Å²) < 4.78 is 13.8. The maximum Gasteiger partial charge on any atom is 0.328 e. The third-order valence-electron chi connectivity index (χ3n) is 2.84. The molecule has 1 aromatic heterocycles. The van der Waals surface area contributed by atoms with Crippen molar-refractivity contribution in [3.05, 3.63) is 22.4 Å². The van der Waals surface area contributed by atoms with Gasteiger partial charge in [0.25, 0.3) is 0 Å². The fraction of sp³-hybridized carbons (Fsp3) is 0.700. The first-order chi connectivity index (χ1) is 7.24. The van der Waals surface area contributed by atoms with Gasteiger partial charge in [0.05, 0.1) is 38.5 Å². The number of epoxide rings is 2.